The Bertz CT molecular complexity index is 1280. The number of aromatic nitrogens is 4. The van der Waals surface area contributed by atoms with Crippen LogP contribution in [0, 0.1) is 0 Å². The van der Waals surface area contributed by atoms with Crippen molar-refractivity contribution in [2.24, 2.45) is 0 Å². The topological polar surface area (TPSA) is 89.3 Å². The summed E-state index contributed by atoms with van der Waals surface area (Å²) in [5, 5.41) is 9.53. The molecule has 33 heavy (non-hydrogen) atoms. The number of nitrogens with one attached hydrogen (secondary N) is 2. The van der Waals surface area contributed by atoms with Gasteiger partial charge in [0.25, 0.3) is 5.56 Å². The smallest absolute Gasteiger partial charge is 0.292 e. The van der Waals surface area contributed by atoms with Crippen LogP contribution in [0.3, 0.4) is 0 Å². The van der Waals surface area contributed by atoms with Gasteiger partial charge in [-0.1, -0.05) is 30.3 Å². The molecule has 1 atom stereocenters. The van der Waals surface area contributed by atoms with E-state index in [2.05, 4.69) is 27.8 Å². The van der Waals surface area contributed by atoms with Gasteiger partial charge >= 0.3 is 0 Å². The molecule has 2 aromatic heterocycles. The third-order valence-corrected chi connectivity index (χ3v) is 5.78. The van der Waals surface area contributed by atoms with Crippen LogP contribution in [0.25, 0.3) is 16.9 Å². The van der Waals surface area contributed by atoms with Gasteiger partial charge in [-0.25, -0.2) is 9.36 Å². The van der Waals surface area contributed by atoms with Gasteiger partial charge in [-0.05, 0) is 29.8 Å². The molecular formula is C24H26N6O3. The molecule has 0 saturated carbocycles. The summed E-state index contributed by atoms with van der Waals surface area (Å²) < 4.78 is 14.0. The molecule has 0 spiro atoms. The van der Waals surface area contributed by atoms with E-state index < -0.39 is 0 Å². The molecule has 1 aliphatic heterocycles. The molecule has 5 rings (SSSR count). The second kappa shape index (κ2) is 8.97. The number of benzene rings is 2. The molecule has 1 aliphatic rings. The van der Waals surface area contributed by atoms with Crippen molar-refractivity contribution in [1.82, 2.24) is 19.6 Å². The van der Waals surface area contributed by atoms with Crippen LogP contribution in [-0.4, -0.2) is 46.5 Å². The van der Waals surface area contributed by atoms with Crippen LogP contribution in [-0.2, 0) is 22.6 Å². The number of aromatic amines is 1. The number of fused-ring (bicyclic) bond motifs is 3. The van der Waals surface area contributed by atoms with Crippen LogP contribution in [0.1, 0.15) is 5.56 Å². The van der Waals surface area contributed by atoms with Crippen LogP contribution < -0.4 is 16.0 Å². The average Bonchev–Trinajstić information content (AvgIpc) is 3.49. The van der Waals surface area contributed by atoms with Crippen molar-refractivity contribution < 1.29 is 9.47 Å². The summed E-state index contributed by atoms with van der Waals surface area (Å²) in [6.07, 6.45) is 3.44. The third-order valence-electron chi connectivity index (χ3n) is 5.78. The third kappa shape index (κ3) is 4.04. The minimum atomic E-state index is -0.229. The SMILES string of the molecule is COCC(Cn1[nH]c2c(c1=O)NN(Cc1ccc(-n3cccn3)cc1)c1ccccc1-2)OC. The minimum Gasteiger partial charge on any atom is -0.382 e. The summed E-state index contributed by atoms with van der Waals surface area (Å²) in [5.41, 5.74) is 8.56. The molecule has 0 saturated heterocycles. The van der Waals surface area contributed by atoms with E-state index in [0.717, 1.165) is 28.2 Å². The van der Waals surface area contributed by atoms with Gasteiger partial charge < -0.3 is 9.47 Å². The molecule has 1 unspecified atom stereocenters. The summed E-state index contributed by atoms with van der Waals surface area (Å²) in [6.45, 7) is 1.36. The molecule has 170 valence electrons. The lowest BCUT2D eigenvalue weighted by molar-refractivity contribution is 0.0159. The summed E-state index contributed by atoms with van der Waals surface area (Å²) >= 11 is 0. The maximum Gasteiger partial charge on any atom is 0.292 e. The molecule has 0 aliphatic carbocycles. The lowest BCUT2D eigenvalue weighted by atomic mass is 10.1. The van der Waals surface area contributed by atoms with Gasteiger partial charge in [-0.3, -0.25) is 20.3 Å². The summed E-state index contributed by atoms with van der Waals surface area (Å²) in [7, 11) is 3.23. The predicted molar refractivity (Wildman–Crippen MR) is 127 cm³/mol. The number of ether oxygens (including phenoxy) is 2. The highest BCUT2D eigenvalue weighted by Gasteiger charge is 2.27. The first kappa shape index (κ1) is 21.0. The highest BCUT2D eigenvalue weighted by molar-refractivity contribution is 5.88. The minimum absolute atomic E-state index is 0.128. The molecule has 9 heteroatoms. The number of hydrazine groups is 1. The van der Waals surface area contributed by atoms with Gasteiger partial charge in [0.2, 0.25) is 0 Å². The van der Waals surface area contributed by atoms with Gasteiger partial charge in [0.15, 0.2) is 0 Å². The van der Waals surface area contributed by atoms with E-state index in [1.165, 1.54) is 0 Å². The number of hydrogen-bond acceptors (Lipinski definition) is 6. The van der Waals surface area contributed by atoms with E-state index in [-0.39, 0.29) is 11.7 Å². The Labute approximate surface area is 191 Å². The monoisotopic (exact) mass is 446 g/mol. The van der Waals surface area contributed by atoms with Gasteiger partial charge in [0.1, 0.15) is 5.69 Å². The second-order valence-electron chi connectivity index (χ2n) is 7.92. The van der Waals surface area contributed by atoms with Crippen LogP contribution in [0.5, 0.6) is 0 Å². The Hall–Kier alpha value is -3.82. The number of nitrogens with zero attached hydrogens (tertiary/aromatic N) is 4. The standard InChI is InChI=1S/C24H26N6O3/c1-32-16-19(33-2)15-30-24(31)23-22(26-30)20-6-3-4-7-21(20)29(27-23)14-17-8-10-18(11-9-17)28-13-5-12-25-28/h3-13,19,26-27H,14-16H2,1-2H3. The van der Waals surface area contributed by atoms with Gasteiger partial charge in [-0.15, -0.1) is 0 Å². The Kier molecular flexibility index (Phi) is 5.72. The highest BCUT2D eigenvalue weighted by Crippen LogP contribution is 2.38. The normalized spacial score (nSPS) is 13.3. The van der Waals surface area contributed by atoms with Crippen LogP contribution >= 0.6 is 0 Å². The quantitative estimate of drug-likeness (QED) is 0.433. The average molecular weight is 447 g/mol. The van der Waals surface area contributed by atoms with Gasteiger partial charge in [0, 0.05) is 32.2 Å². The molecule has 2 N–H and O–H groups in total. The Morgan fingerprint density at radius 3 is 2.61 bits per heavy atom. The van der Waals surface area contributed by atoms with Crippen molar-refractivity contribution >= 4 is 11.4 Å². The van der Waals surface area contributed by atoms with Crippen LogP contribution in [0.4, 0.5) is 11.4 Å². The van der Waals surface area contributed by atoms with Crippen molar-refractivity contribution in [3.05, 3.63) is 82.9 Å². The molecule has 0 radical (unpaired) electrons. The number of H-pyrrole nitrogens is 1. The lowest BCUT2D eigenvalue weighted by Crippen LogP contribution is -2.35. The first-order valence-electron chi connectivity index (χ1n) is 10.7. The zero-order valence-electron chi connectivity index (χ0n) is 18.6. The second-order valence-corrected chi connectivity index (χ2v) is 7.92. The molecule has 2 aromatic carbocycles. The molecule has 0 fully saturated rings. The van der Waals surface area contributed by atoms with Crippen molar-refractivity contribution in [1.29, 1.82) is 0 Å². The number of rotatable bonds is 8. The highest BCUT2D eigenvalue weighted by atomic mass is 16.5. The van der Waals surface area contributed by atoms with E-state index in [1.54, 1.807) is 25.1 Å². The lowest BCUT2D eigenvalue weighted by Gasteiger charge is -2.31. The van der Waals surface area contributed by atoms with E-state index in [1.807, 2.05) is 58.4 Å². The Balaban J connectivity index is 1.44. The summed E-state index contributed by atoms with van der Waals surface area (Å²) in [5.74, 6) is 0. The van der Waals surface area contributed by atoms with Crippen molar-refractivity contribution in [2.75, 3.05) is 31.3 Å². The first-order chi connectivity index (χ1) is 16.2. The van der Waals surface area contributed by atoms with E-state index >= 15 is 0 Å². The van der Waals surface area contributed by atoms with Crippen molar-refractivity contribution in [3.8, 4) is 16.9 Å². The molecule has 9 nitrogen and oxygen atoms in total. The number of para-hydroxylation sites is 1. The van der Waals surface area contributed by atoms with Gasteiger partial charge in [-0.2, -0.15) is 5.10 Å². The largest absolute Gasteiger partial charge is 0.382 e. The van der Waals surface area contributed by atoms with E-state index in [4.69, 9.17) is 9.47 Å². The van der Waals surface area contributed by atoms with E-state index in [0.29, 0.717) is 25.4 Å². The molecule has 0 bridgehead atoms. The predicted octanol–water partition coefficient (Wildman–Crippen LogP) is 3.04. The number of anilines is 2. The zero-order chi connectivity index (χ0) is 22.8. The van der Waals surface area contributed by atoms with Gasteiger partial charge in [0.05, 0.1) is 42.9 Å². The maximum absolute atomic E-state index is 13.2. The molecule has 4 aromatic rings. The Morgan fingerprint density at radius 2 is 1.88 bits per heavy atom. The summed E-state index contributed by atoms with van der Waals surface area (Å²) in [4.78, 5) is 13.2. The van der Waals surface area contributed by atoms with E-state index in [9.17, 15) is 4.79 Å². The summed E-state index contributed by atoms with van der Waals surface area (Å²) in [6, 6.07) is 18.1. The number of hydrogen-bond donors (Lipinski definition) is 2. The fraction of sp³-hybridized carbons (Fsp3) is 0.250. The molecule has 0 amide bonds. The number of methoxy groups -OCH3 is 2. The van der Waals surface area contributed by atoms with Crippen LogP contribution in [0.2, 0.25) is 0 Å². The van der Waals surface area contributed by atoms with Crippen molar-refractivity contribution in [3.63, 3.8) is 0 Å². The fourth-order valence-electron chi connectivity index (χ4n) is 4.09. The molecular weight excluding hydrogens is 420 g/mol. The first-order valence-corrected chi connectivity index (χ1v) is 10.7. The Morgan fingerprint density at radius 1 is 1.06 bits per heavy atom. The maximum atomic E-state index is 13.2. The zero-order valence-corrected chi connectivity index (χ0v) is 18.6. The van der Waals surface area contributed by atoms with Crippen molar-refractivity contribution in [2.45, 2.75) is 19.2 Å². The van der Waals surface area contributed by atoms with Crippen LogP contribution in [0.15, 0.2) is 71.8 Å². The molecule has 3 heterocycles. The fourth-order valence-corrected chi connectivity index (χ4v) is 4.09.